The lowest BCUT2D eigenvalue weighted by molar-refractivity contribution is -0.138. The normalized spacial score (nSPS) is 24.3. The van der Waals surface area contributed by atoms with Crippen LogP contribution in [0.5, 0.6) is 0 Å². The SMILES string of the molecule is O=C(O)CC1C(CF)CCN1Cc1ccccc1. The van der Waals surface area contributed by atoms with Crippen molar-refractivity contribution in [3.05, 3.63) is 35.9 Å². The maximum atomic E-state index is 12.9. The molecule has 1 aromatic rings. The second-order valence-electron chi connectivity index (χ2n) is 4.82. The van der Waals surface area contributed by atoms with Crippen molar-refractivity contribution in [3.8, 4) is 0 Å². The Hall–Kier alpha value is -1.42. The number of hydrogen-bond acceptors (Lipinski definition) is 2. The Kier molecular flexibility index (Phi) is 4.31. The third-order valence-corrected chi connectivity index (χ3v) is 3.61. The van der Waals surface area contributed by atoms with Gasteiger partial charge in [-0.25, -0.2) is 0 Å². The Bertz CT molecular complexity index is 396. The molecular formula is C14H18FNO2. The van der Waals surface area contributed by atoms with Gasteiger partial charge in [-0.3, -0.25) is 14.1 Å². The number of alkyl halides is 1. The van der Waals surface area contributed by atoms with Gasteiger partial charge in [-0.2, -0.15) is 0 Å². The van der Waals surface area contributed by atoms with Gasteiger partial charge in [0.2, 0.25) is 0 Å². The average Bonchev–Trinajstić information content (AvgIpc) is 2.72. The first kappa shape index (κ1) is 13.0. The van der Waals surface area contributed by atoms with Gasteiger partial charge in [0.25, 0.3) is 0 Å². The number of likely N-dealkylation sites (tertiary alicyclic amines) is 1. The maximum absolute atomic E-state index is 12.9. The summed E-state index contributed by atoms with van der Waals surface area (Å²) in [5, 5.41) is 8.92. The fourth-order valence-corrected chi connectivity index (χ4v) is 2.66. The Labute approximate surface area is 106 Å². The number of carboxylic acid groups (broad SMARTS) is 1. The van der Waals surface area contributed by atoms with E-state index in [1.807, 2.05) is 30.3 Å². The van der Waals surface area contributed by atoms with Gasteiger partial charge < -0.3 is 5.11 Å². The van der Waals surface area contributed by atoms with Gasteiger partial charge >= 0.3 is 5.97 Å². The summed E-state index contributed by atoms with van der Waals surface area (Å²) in [5.41, 5.74) is 1.15. The molecule has 18 heavy (non-hydrogen) atoms. The minimum Gasteiger partial charge on any atom is -0.481 e. The van der Waals surface area contributed by atoms with Crippen molar-refractivity contribution >= 4 is 5.97 Å². The van der Waals surface area contributed by atoms with E-state index in [-0.39, 0.29) is 18.4 Å². The molecule has 4 heteroatoms. The first-order valence-electron chi connectivity index (χ1n) is 6.26. The first-order valence-corrected chi connectivity index (χ1v) is 6.26. The zero-order valence-electron chi connectivity index (χ0n) is 10.3. The molecule has 98 valence electrons. The third-order valence-electron chi connectivity index (χ3n) is 3.61. The summed E-state index contributed by atoms with van der Waals surface area (Å²) in [4.78, 5) is 13.0. The maximum Gasteiger partial charge on any atom is 0.304 e. The van der Waals surface area contributed by atoms with E-state index >= 15 is 0 Å². The fourth-order valence-electron chi connectivity index (χ4n) is 2.66. The number of nitrogens with zero attached hydrogens (tertiary/aromatic N) is 1. The van der Waals surface area contributed by atoms with Crippen LogP contribution < -0.4 is 0 Å². The van der Waals surface area contributed by atoms with E-state index in [1.54, 1.807) is 0 Å². The second kappa shape index (κ2) is 5.96. The molecule has 1 aliphatic heterocycles. The molecular weight excluding hydrogens is 233 g/mol. The van der Waals surface area contributed by atoms with Crippen molar-refractivity contribution in [3.63, 3.8) is 0 Å². The van der Waals surface area contributed by atoms with Crippen LogP contribution in [0.25, 0.3) is 0 Å². The highest BCUT2D eigenvalue weighted by molar-refractivity contribution is 5.67. The van der Waals surface area contributed by atoms with Crippen LogP contribution in [0.3, 0.4) is 0 Å². The fraction of sp³-hybridized carbons (Fsp3) is 0.500. The molecule has 2 rings (SSSR count). The highest BCUT2D eigenvalue weighted by Gasteiger charge is 2.35. The first-order chi connectivity index (χ1) is 8.70. The van der Waals surface area contributed by atoms with Crippen molar-refractivity contribution in [1.82, 2.24) is 4.90 Å². The van der Waals surface area contributed by atoms with Crippen molar-refractivity contribution in [1.29, 1.82) is 0 Å². The van der Waals surface area contributed by atoms with E-state index in [2.05, 4.69) is 4.90 Å². The summed E-state index contributed by atoms with van der Waals surface area (Å²) >= 11 is 0. The van der Waals surface area contributed by atoms with Gasteiger partial charge in [0.05, 0.1) is 13.1 Å². The number of carbonyl (C=O) groups is 1. The lowest BCUT2D eigenvalue weighted by Gasteiger charge is -2.25. The third kappa shape index (κ3) is 3.07. The highest BCUT2D eigenvalue weighted by atomic mass is 19.1. The molecule has 0 amide bonds. The van der Waals surface area contributed by atoms with E-state index in [4.69, 9.17) is 5.11 Å². The number of halogens is 1. The Morgan fingerprint density at radius 3 is 2.72 bits per heavy atom. The second-order valence-corrected chi connectivity index (χ2v) is 4.82. The van der Waals surface area contributed by atoms with Gasteiger partial charge in [0.1, 0.15) is 0 Å². The lowest BCUT2D eigenvalue weighted by Crippen LogP contribution is -2.35. The molecule has 0 bridgehead atoms. The van der Waals surface area contributed by atoms with E-state index in [9.17, 15) is 9.18 Å². The van der Waals surface area contributed by atoms with Crippen LogP contribution in [0.1, 0.15) is 18.4 Å². The lowest BCUT2D eigenvalue weighted by atomic mass is 9.99. The number of hydrogen-bond donors (Lipinski definition) is 1. The molecule has 0 radical (unpaired) electrons. The molecule has 1 fully saturated rings. The molecule has 1 heterocycles. The summed E-state index contributed by atoms with van der Waals surface area (Å²) in [5.74, 6) is -0.983. The van der Waals surface area contributed by atoms with Crippen molar-refractivity contribution in [2.24, 2.45) is 5.92 Å². The summed E-state index contributed by atoms with van der Waals surface area (Å²) < 4.78 is 12.9. The summed E-state index contributed by atoms with van der Waals surface area (Å²) in [6.07, 6.45) is 0.780. The van der Waals surface area contributed by atoms with Gasteiger partial charge in [0.15, 0.2) is 0 Å². The zero-order chi connectivity index (χ0) is 13.0. The zero-order valence-corrected chi connectivity index (χ0v) is 10.3. The molecule has 0 aliphatic carbocycles. The van der Waals surface area contributed by atoms with Crippen LogP contribution in [0.4, 0.5) is 4.39 Å². The molecule has 0 aromatic heterocycles. The molecule has 1 aliphatic rings. The van der Waals surface area contributed by atoms with Crippen LogP contribution >= 0.6 is 0 Å². The molecule has 1 saturated heterocycles. The summed E-state index contributed by atoms with van der Waals surface area (Å²) in [6.45, 7) is 1.06. The number of carboxylic acids is 1. The van der Waals surface area contributed by atoms with Crippen molar-refractivity contribution in [2.75, 3.05) is 13.2 Å². The molecule has 0 spiro atoms. The summed E-state index contributed by atoms with van der Waals surface area (Å²) in [7, 11) is 0. The molecule has 1 aromatic carbocycles. The van der Waals surface area contributed by atoms with Crippen LogP contribution in [0.15, 0.2) is 30.3 Å². The minimum atomic E-state index is -0.849. The smallest absolute Gasteiger partial charge is 0.304 e. The van der Waals surface area contributed by atoms with Crippen LogP contribution in [0.2, 0.25) is 0 Å². The predicted octanol–water partition coefficient (Wildman–Crippen LogP) is 2.32. The number of benzene rings is 1. The van der Waals surface area contributed by atoms with E-state index in [1.165, 1.54) is 0 Å². The average molecular weight is 251 g/mol. The Morgan fingerprint density at radius 1 is 1.39 bits per heavy atom. The van der Waals surface area contributed by atoms with Gasteiger partial charge in [0, 0.05) is 18.5 Å². The number of rotatable bonds is 5. The van der Waals surface area contributed by atoms with E-state index in [0.29, 0.717) is 6.54 Å². The molecule has 2 unspecified atom stereocenters. The molecule has 2 atom stereocenters. The predicted molar refractivity (Wildman–Crippen MR) is 67.0 cm³/mol. The monoisotopic (exact) mass is 251 g/mol. The van der Waals surface area contributed by atoms with Crippen LogP contribution in [-0.2, 0) is 11.3 Å². The van der Waals surface area contributed by atoms with Crippen LogP contribution in [-0.4, -0.2) is 35.2 Å². The Balaban J connectivity index is 2.04. The minimum absolute atomic E-state index is 0.0292. The quantitative estimate of drug-likeness (QED) is 0.873. The highest BCUT2D eigenvalue weighted by Crippen LogP contribution is 2.28. The Morgan fingerprint density at radius 2 is 2.11 bits per heavy atom. The van der Waals surface area contributed by atoms with Gasteiger partial charge in [-0.1, -0.05) is 30.3 Å². The van der Waals surface area contributed by atoms with Crippen LogP contribution in [0, 0.1) is 5.92 Å². The van der Waals surface area contributed by atoms with Gasteiger partial charge in [-0.05, 0) is 18.5 Å². The number of aliphatic carboxylic acids is 1. The van der Waals surface area contributed by atoms with Crippen molar-refractivity contribution < 1.29 is 14.3 Å². The van der Waals surface area contributed by atoms with E-state index in [0.717, 1.165) is 18.5 Å². The standard InChI is InChI=1S/C14H18FNO2/c15-9-12-6-7-16(13(12)8-14(17)18)10-11-4-2-1-3-5-11/h1-5,12-13H,6-10H2,(H,17,18). The van der Waals surface area contributed by atoms with Crippen molar-refractivity contribution in [2.45, 2.75) is 25.4 Å². The molecule has 1 N–H and O–H groups in total. The summed E-state index contributed by atoms with van der Waals surface area (Å²) in [6, 6.07) is 9.73. The largest absolute Gasteiger partial charge is 0.481 e. The van der Waals surface area contributed by atoms with Gasteiger partial charge in [-0.15, -0.1) is 0 Å². The molecule has 3 nitrogen and oxygen atoms in total. The van der Waals surface area contributed by atoms with E-state index < -0.39 is 12.6 Å². The topological polar surface area (TPSA) is 40.5 Å². The molecule has 0 saturated carbocycles.